The molecule has 4 rings (SSSR count). The van der Waals surface area contributed by atoms with Crippen molar-refractivity contribution in [1.29, 1.82) is 0 Å². The highest BCUT2D eigenvalue weighted by molar-refractivity contribution is 5.91. The second-order valence-corrected chi connectivity index (χ2v) is 8.14. The molecule has 2 amide bonds. The number of carbonyl (C=O) groups excluding carboxylic acids is 1. The molecule has 0 aliphatic carbocycles. The summed E-state index contributed by atoms with van der Waals surface area (Å²) in [6.45, 7) is 0. The van der Waals surface area contributed by atoms with E-state index in [-0.39, 0.29) is 12.0 Å². The van der Waals surface area contributed by atoms with Crippen LogP contribution >= 0.6 is 0 Å². The fraction of sp³-hybridized carbons (Fsp3) is 0.143. The van der Waals surface area contributed by atoms with Crippen LogP contribution in [0.15, 0.2) is 103 Å². The van der Waals surface area contributed by atoms with Crippen LogP contribution in [0.2, 0.25) is 0 Å². The molecule has 0 aliphatic rings. The molecular weight excluding hydrogens is 467 g/mol. The summed E-state index contributed by atoms with van der Waals surface area (Å²) in [5, 5.41) is 5.72. The number of hydrogen-bond donors (Lipinski definition) is 2. The smallest absolute Gasteiger partial charge is 0.416 e. The van der Waals surface area contributed by atoms with Crippen molar-refractivity contribution in [1.82, 2.24) is 10.3 Å². The van der Waals surface area contributed by atoms with Gasteiger partial charge in [-0.25, -0.2) is 4.79 Å². The van der Waals surface area contributed by atoms with Gasteiger partial charge in [-0.1, -0.05) is 60.7 Å². The Balaban J connectivity index is 1.85. The zero-order chi connectivity index (χ0) is 25.6. The summed E-state index contributed by atoms with van der Waals surface area (Å²) in [6, 6.07) is 25.5. The molecule has 36 heavy (non-hydrogen) atoms. The molecule has 0 aliphatic heterocycles. The summed E-state index contributed by atoms with van der Waals surface area (Å²) in [4.78, 5) is 17.8. The van der Waals surface area contributed by atoms with E-state index in [1.165, 1.54) is 13.2 Å². The number of alkyl halides is 3. The lowest BCUT2D eigenvalue weighted by Gasteiger charge is -2.35. The van der Waals surface area contributed by atoms with Crippen LogP contribution in [0.5, 0.6) is 5.75 Å². The second kappa shape index (κ2) is 10.5. The number of para-hydroxylation sites is 2. The van der Waals surface area contributed by atoms with Gasteiger partial charge >= 0.3 is 12.2 Å². The van der Waals surface area contributed by atoms with Gasteiger partial charge in [0.05, 0.1) is 24.1 Å². The lowest BCUT2D eigenvalue weighted by molar-refractivity contribution is -0.137. The molecule has 1 unspecified atom stereocenters. The molecule has 1 aromatic heterocycles. The van der Waals surface area contributed by atoms with Gasteiger partial charge in [0.15, 0.2) is 0 Å². The third-order valence-corrected chi connectivity index (χ3v) is 5.78. The molecule has 0 saturated heterocycles. The largest absolute Gasteiger partial charge is 0.495 e. The average Bonchev–Trinajstić information content (AvgIpc) is 2.89. The van der Waals surface area contributed by atoms with Crippen molar-refractivity contribution in [3.63, 3.8) is 0 Å². The Labute approximate surface area is 207 Å². The van der Waals surface area contributed by atoms with E-state index < -0.39 is 23.3 Å². The minimum atomic E-state index is -4.56. The van der Waals surface area contributed by atoms with E-state index in [2.05, 4.69) is 15.6 Å². The van der Waals surface area contributed by atoms with Gasteiger partial charge in [-0.15, -0.1) is 0 Å². The Morgan fingerprint density at radius 3 is 2.25 bits per heavy atom. The number of anilines is 1. The van der Waals surface area contributed by atoms with Crippen LogP contribution in [0.1, 0.15) is 22.4 Å². The third kappa shape index (κ3) is 5.49. The molecule has 3 aromatic carbocycles. The number of halogens is 3. The van der Waals surface area contributed by atoms with Crippen molar-refractivity contribution in [3.8, 4) is 5.75 Å². The maximum Gasteiger partial charge on any atom is 0.416 e. The Kier molecular flexibility index (Phi) is 7.24. The van der Waals surface area contributed by atoms with Gasteiger partial charge in [0, 0.05) is 12.6 Å². The standard InChI is InChI=1S/C28H24F3N3O2/c1-36-24-15-6-5-14-23(24)33-26(35)34-27(25-16-7-8-17-32-25,19-20-10-3-2-4-11-20)21-12-9-13-22(18-21)28(29,30)31/h2-18H,19H2,1H3,(H2,33,34,35). The van der Waals surface area contributed by atoms with Crippen LogP contribution in [0.25, 0.3) is 0 Å². The van der Waals surface area contributed by atoms with E-state index in [0.717, 1.165) is 17.7 Å². The molecule has 5 nitrogen and oxygen atoms in total. The van der Waals surface area contributed by atoms with Crippen LogP contribution in [0.4, 0.5) is 23.7 Å². The van der Waals surface area contributed by atoms with Crippen LogP contribution in [-0.4, -0.2) is 18.1 Å². The maximum absolute atomic E-state index is 13.7. The summed E-state index contributed by atoms with van der Waals surface area (Å²) in [5.74, 6) is 0.443. The molecule has 2 N–H and O–H groups in total. The number of carbonyl (C=O) groups is 1. The first-order valence-corrected chi connectivity index (χ1v) is 11.2. The van der Waals surface area contributed by atoms with Crippen LogP contribution in [0.3, 0.4) is 0 Å². The molecule has 0 saturated carbocycles. The quantitative estimate of drug-likeness (QED) is 0.314. The fourth-order valence-corrected chi connectivity index (χ4v) is 4.09. The number of amides is 2. The Morgan fingerprint density at radius 2 is 1.56 bits per heavy atom. The van der Waals surface area contributed by atoms with E-state index in [9.17, 15) is 18.0 Å². The molecule has 0 bridgehead atoms. The lowest BCUT2D eigenvalue weighted by atomic mass is 9.80. The first-order chi connectivity index (χ1) is 17.3. The molecule has 4 aromatic rings. The van der Waals surface area contributed by atoms with Gasteiger partial charge in [0.25, 0.3) is 0 Å². The summed E-state index contributed by atoms with van der Waals surface area (Å²) < 4.78 is 46.4. The second-order valence-electron chi connectivity index (χ2n) is 8.14. The van der Waals surface area contributed by atoms with Gasteiger partial charge in [-0.05, 0) is 47.5 Å². The number of benzene rings is 3. The van der Waals surface area contributed by atoms with Crippen molar-refractivity contribution in [3.05, 3.63) is 126 Å². The minimum Gasteiger partial charge on any atom is -0.495 e. The number of nitrogens with zero attached hydrogens (tertiary/aromatic N) is 1. The third-order valence-electron chi connectivity index (χ3n) is 5.78. The highest BCUT2D eigenvalue weighted by atomic mass is 19.4. The lowest BCUT2D eigenvalue weighted by Crippen LogP contribution is -2.50. The van der Waals surface area contributed by atoms with Gasteiger partial charge < -0.3 is 15.4 Å². The minimum absolute atomic E-state index is 0.158. The van der Waals surface area contributed by atoms with Crippen molar-refractivity contribution >= 4 is 11.7 Å². The predicted molar refractivity (Wildman–Crippen MR) is 132 cm³/mol. The zero-order valence-electron chi connectivity index (χ0n) is 19.4. The first kappa shape index (κ1) is 24.8. The maximum atomic E-state index is 13.7. The molecular formula is C28H24F3N3O2. The number of hydrogen-bond acceptors (Lipinski definition) is 3. The number of ether oxygens (including phenoxy) is 1. The first-order valence-electron chi connectivity index (χ1n) is 11.2. The van der Waals surface area contributed by atoms with Crippen molar-refractivity contribution in [2.75, 3.05) is 12.4 Å². The number of aromatic nitrogens is 1. The molecule has 8 heteroatoms. The Morgan fingerprint density at radius 1 is 0.861 bits per heavy atom. The molecule has 184 valence electrons. The summed E-state index contributed by atoms with van der Waals surface area (Å²) in [5.41, 5.74) is -0.385. The molecule has 0 radical (unpaired) electrons. The molecule has 0 spiro atoms. The average molecular weight is 492 g/mol. The van der Waals surface area contributed by atoms with Crippen LogP contribution in [0, 0.1) is 0 Å². The van der Waals surface area contributed by atoms with Crippen LogP contribution < -0.4 is 15.4 Å². The molecule has 1 heterocycles. The van der Waals surface area contributed by atoms with Gasteiger partial charge in [0.1, 0.15) is 11.3 Å². The van der Waals surface area contributed by atoms with E-state index in [4.69, 9.17) is 4.74 Å². The number of rotatable bonds is 7. The SMILES string of the molecule is COc1ccccc1NC(=O)NC(Cc1ccccc1)(c1cccc(C(F)(F)F)c1)c1ccccn1. The van der Waals surface area contributed by atoms with Gasteiger partial charge in [-0.2, -0.15) is 13.2 Å². The topological polar surface area (TPSA) is 63.2 Å². The van der Waals surface area contributed by atoms with Gasteiger partial charge in [0.2, 0.25) is 0 Å². The van der Waals surface area contributed by atoms with Gasteiger partial charge in [-0.3, -0.25) is 4.98 Å². The monoisotopic (exact) mass is 491 g/mol. The van der Waals surface area contributed by atoms with Crippen LogP contribution in [-0.2, 0) is 18.1 Å². The fourth-order valence-electron chi connectivity index (χ4n) is 4.09. The normalized spacial score (nSPS) is 12.9. The number of methoxy groups -OCH3 is 1. The highest BCUT2D eigenvalue weighted by Crippen LogP contribution is 2.37. The Hall–Kier alpha value is -4.33. The highest BCUT2D eigenvalue weighted by Gasteiger charge is 2.40. The zero-order valence-corrected chi connectivity index (χ0v) is 19.4. The number of pyridine rings is 1. The van der Waals surface area contributed by atoms with Crippen molar-refractivity contribution in [2.24, 2.45) is 0 Å². The number of nitrogens with one attached hydrogen (secondary N) is 2. The van der Waals surface area contributed by atoms with Crippen molar-refractivity contribution in [2.45, 2.75) is 18.1 Å². The molecule has 1 atom stereocenters. The van der Waals surface area contributed by atoms with E-state index in [1.807, 2.05) is 30.3 Å². The van der Waals surface area contributed by atoms with E-state index in [0.29, 0.717) is 17.1 Å². The molecule has 0 fully saturated rings. The predicted octanol–water partition coefficient (Wildman–Crippen LogP) is 6.42. The van der Waals surface area contributed by atoms with Crippen molar-refractivity contribution < 1.29 is 22.7 Å². The van der Waals surface area contributed by atoms with E-state index >= 15 is 0 Å². The number of urea groups is 1. The summed E-state index contributed by atoms with van der Waals surface area (Å²) >= 11 is 0. The summed E-state index contributed by atoms with van der Waals surface area (Å²) in [6.07, 6.45) is -2.85. The summed E-state index contributed by atoms with van der Waals surface area (Å²) in [7, 11) is 1.48. The Bertz CT molecular complexity index is 1310. The van der Waals surface area contributed by atoms with E-state index in [1.54, 1.807) is 54.7 Å².